The van der Waals surface area contributed by atoms with E-state index in [1.54, 1.807) is 6.92 Å². The van der Waals surface area contributed by atoms with Gasteiger partial charge in [-0.1, -0.05) is 19.4 Å². The van der Waals surface area contributed by atoms with Gasteiger partial charge in [-0.15, -0.1) is 0 Å². The van der Waals surface area contributed by atoms with Crippen LogP contribution >= 0.6 is 0 Å². The Morgan fingerprint density at radius 3 is 2.39 bits per heavy atom. The first-order valence-corrected chi connectivity index (χ1v) is 20.1. The molecule has 6 rings (SSSR count). The monoisotopic (exact) mass is 792 g/mol. The molecular formula is C40H60N2O14. The maximum atomic E-state index is 13.6. The molecule has 2 saturated heterocycles. The molecule has 0 aromatic carbocycles. The van der Waals surface area contributed by atoms with Crippen molar-refractivity contribution >= 4 is 29.4 Å². The molecule has 56 heavy (non-hydrogen) atoms. The fourth-order valence-corrected chi connectivity index (χ4v) is 11.3. The van der Waals surface area contributed by atoms with Gasteiger partial charge < -0.3 is 54.7 Å². The first kappa shape index (κ1) is 42.8. The number of aliphatic hydroxyl groups excluding tert-OH is 4. The summed E-state index contributed by atoms with van der Waals surface area (Å²) < 4.78 is 28.0. The molecule has 16 atom stereocenters. The van der Waals surface area contributed by atoms with E-state index in [-0.39, 0.29) is 47.9 Å². The third-order valence-electron chi connectivity index (χ3n) is 14.2. The summed E-state index contributed by atoms with van der Waals surface area (Å²) in [5.41, 5.74) is 1.18. The molecule has 0 aromatic heterocycles. The molecule has 16 heteroatoms. The van der Waals surface area contributed by atoms with Crippen LogP contribution in [0.2, 0.25) is 0 Å². The van der Waals surface area contributed by atoms with Crippen LogP contribution in [0.25, 0.3) is 0 Å². The summed E-state index contributed by atoms with van der Waals surface area (Å²) in [5.74, 6) is -0.599. The second-order valence-electron chi connectivity index (χ2n) is 17.3. The molecule has 0 aromatic rings. The molecule has 3 saturated carbocycles. The number of fused-ring (bicyclic) bond motifs is 5. The van der Waals surface area contributed by atoms with Crippen LogP contribution in [0.5, 0.6) is 0 Å². The lowest BCUT2D eigenvalue weighted by Crippen LogP contribution is -2.68. The number of nitrogens with one attached hydrogen (secondary N) is 2. The lowest BCUT2D eigenvalue weighted by molar-refractivity contribution is -0.325. The Balaban J connectivity index is 1.00. The van der Waals surface area contributed by atoms with E-state index >= 15 is 0 Å². The van der Waals surface area contributed by atoms with Crippen LogP contribution in [0.15, 0.2) is 11.6 Å². The Morgan fingerprint density at radius 1 is 0.946 bits per heavy atom. The van der Waals surface area contributed by atoms with Gasteiger partial charge >= 0.3 is 5.97 Å². The highest BCUT2D eigenvalue weighted by molar-refractivity contribution is 5.91. The molecule has 0 spiro atoms. The Kier molecular flexibility index (Phi) is 13.1. The highest BCUT2D eigenvalue weighted by Crippen LogP contribution is 2.66. The summed E-state index contributed by atoms with van der Waals surface area (Å²) in [6, 6.07) is -0.950. The minimum absolute atomic E-state index is 0.0472. The number of hydrogen-bond acceptors (Lipinski definition) is 14. The van der Waals surface area contributed by atoms with Gasteiger partial charge in [0.05, 0.1) is 25.2 Å². The van der Waals surface area contributed by atoms with Crippen molar-refractivity contribution in [1.29, 1.82) is 0 Å². The number of ketones is 2. The summed E-state index contributed by atoms with van der Waals surface area (Å²) in [5, 5.41) is 47.6. The number of allylic oxidation sites excluding steroid dienone is 1. The van der Waals surface area contributed by atoms with Gasteiger partial charge in [0.15, 0.2) is 24.0 Å². The van der Waals surface area contributed by atoms with Crippen LogP contribution in [-0.4, -0.2) is 138 Å². The quantitative estimate of drug-likeness (QED) is 0.145. The first-order valence-electron chi connectivity index (χ1n) is 20.1. The van der Waals surface area contributed by atoms with E-state index < -0.39 is 85.6 Å². The molecule has 2 aliphatic heterocycles. The summed E-state index contributed by atoms with van der Waals surface area (Å²) in [6.45, 7) is 6.28. The number of aliphatic hydroxyl groups is 4. The van der Waals surface area contributed by atoms with E-state index in [0.29, 0.717) is 24.2 Å². The summed E-state index contributed by atoms with van der Waals surface area (Å²) in [7, 11) is 1.21. The largest absolute Gasteiger partial charge is 0.458 e. The highest BCUT2D eigenvalue weighted by atomic mass is 16.7. The van der Waals surface area contributed by atoms with E-state index in [1.807, 2.05) is 6.08 Å². The lowest BCUT2D eigenvalue weighted by Gasteiger charge is -2.58. The Bertz CT molecular complexity index is 1540. The average molecular weight is 793 g/mol. The normalized spacial score (nSPS) is 43.4. The fraction of sp³-hybridized carbons (Fsp3) is 0.825. The molecule has 0 bridgehead atoms. The second-order valence-corrected chi connectivity index (χ2v) is 17.3. The Hall–Kier alpha value is -2.83. The van der Waals surface area contributed by atoms with Gasteiger partial charge in [0, 0.05) is 32.9 Å². The van der Waals surface area contributed by atoms with Crippen LogP contribution in [0, 0.1) is 34.5 Å². The zero-order chi connectivity index (χ0) is 40.7. The fourth-order valence-electron chi connectivity index (χ4n) is 11.3. The number of amides is 2. The number of carbonyl (C=O) groups is 5. The van der Waals surface area contributed by atoms with Crippen molar-refractivity contribution < 1.29 is 68.1 Å². The molecule has 5 fully saturated rings. The summed E-state index contributed by atoms with van der Waals surface area (Å²) >= 11 is 0. The van der Waals surface area contributed by atoms with Crippen molar-refractivity contribution in [2.45, 2.75) is 147 Å². The number of hydrogen-bond donors (Lipinski definition) is 6. The minimum Gasteiger partial charge on any atom is -0.458 e. The molecular weight excluding hydrogens is 732 g/mol. The second kappa shape index (κ2) is 17.2. The van der Waals surface area contributed by atoms with E-state index in [1.165, 1.54) is 19.6 Å². The third-order valence-corrected chi connectivity index (χ3v) is 14.2. The van der Waals surface area contributed by atoms with Crippen molar-refractivity contribution in [3.8, 4) is 0 Å². The van der Waals surface area contributed by atoms with E-state index in [4.69, 9.17) is 23.7 Å². The molecule has 4 aliphatic carbocycles. The standard InChI is InChI=1S/C40H60N2O14/c1-19-30(42-20(2)44)34(31(48)28(17-43)54-19)55-38-33(50)32(49)35(52-5)36(56-38)37(51)41-15-12-29(47)53-18-27(46)26-9-8-24-23-7-6-21-16-22(45)10-13-39(21,3)25(23)11-14-40(24,26)4/h16,19,23-26,28,30-36,38,43,48-50H,6-15,17-18H2,1-5H3,(H,41,51)(H,42,44)/t19?,23-,24-,25-,26+,28?,30?,31?,32?,33?,34?,35?,36?,38?,39-,40-/m0/s1. The van der Waals surface area contributed by atoms with Gasteiger partial charge in [-0.2, -0.15) is 0 Å². The Morgan fingerprint density at radius 2 is 1.70 bits per heavy atom. The summed E-state index contributed by atoms with van der Waals surface area (Å²) in [6.07, 6.45) is -3.87. The van der Waals surface area contributed by atoms with Gasteiger partial charge in [-0.25, -0.2) is 0 Å². The van der Waals surface area contributed by atoms with Crippen LogP contribution in [-0.2, 0) is 47.7 Å². The van der Waals surface area contributed by atoms with E-state index in [9.17, 15) is 44.4 Å². The number of esters is 1. The number of ether oxygens (including phenoxy) is 5. The van der Waals surface area contributed by atoms with Gasteiger partial charge in [0.2, 0.25) is 5.91 Å². The molecule has 0 radical (unpaired) electrons. The molecule has 6 aliphatic rings. The topological polar surface area (TPSA) is 236 Å². The number of carbonyl (C=O) groups excluding carboxylic acids is 5. The van der Waals surface area contributed by atoms with Crippen molar-refractivity contribution in [2.24, 2.45) is 34.5 Å². The number of rotatable bonds is 12. The maximum Gasteiger partial charge on any atom is 0.308 e. The molecule has 10 unspecified atom stereocenters. The predicted octanol–water partition coefficient (Wildman–Crippen LogP) is 0.245. The van der Waals surface area contributed by atoms with Crippen molar-refractivity contribution in [3.63, 3.8) is 0 Å². The van der Waals surface area contributed by atoms with Crippen molar-refractivity contribution in [3.05, 3.63) is 11.6 Å². The third kappa shape index (κ3) is 8.09. The van der Waals surface area contributed by atoms with Gasteiger partial charge in [-0.3, -0.25) is 24.0 Å². The first-order chi connectivity index (χ1) is 26.5. The SMILES string of the molecule is COC1C(C(=O)NCCC(=O)OCC(=O)[C@H]2CC[C@H]3[C@@H]4CCC5=CC(=O)CC[C@]5(C)[C@H]4CC[C@]23C)OC(OC2C(O)C(CO)OC(C)C2NC(C)=O)C(O)C1O. The minimum atomic E-state index is -1.75. The van der Waals surface area contributed by atoms with E-state index in [0.717, 1.165) is 44.9 Å². The maximum absolute atomic E-state index is 13.6. The molecule has 6 N–H and O–H groups in total. The molecule has 314 valence electrons. The average Bonchev–Trinajstić information content (AvgIpc) is 3.52. The Labute approximate surface area is 327 Å². The van der Waals surface area contributed by atoms with Crippen LogP contribution in [0.4, 0.5) is 0 Å². The van der Waals surface area contributed by atoms with Crippen molar-refractivity contribution in [2.75, 3.05) is 26.9 Å². The van der Waals surface area contributed by atoms with Gasteiger partial charge in [-0.05, 0) is 86.5 Å². The number of methoxy groups -OCH3 is 1. The molecule has 2 amide bonds. The molecule has 2 heterocycles. The highest BCUT2D eigenvalue weighted by Gasteiger charge is 2.60. The zero-order valence-corrected chi connectivity index (χ0v) is 33.0. The van der Waals surface area contributed by atoms with Gasteiger partial charge in [0.1, 0.15) is 43.2 Å². The number of Topliss-reactive ketones (excluding diaryl/α,β-unsaturated/α-hetero) is 1. The van der Waals surface area contributed by atoms with Crippen LogP contribution < -0.4 is 10.6 Å². The zero-order valence-electron chi connectivity index (χ0n) is 33.0. The molecule has 16 nitrogen and oxygen atoms in total. The van der Waals surface area contributed by atoms with Crippen LogP contribution in [0.3, 0.4) is 0 Å². The van der Waals surface area contributed by atoms with Crippen molar-refractivity contribution in [1.82, 2.24) is 10.6 Å². The van der Waals surface area contributed by atoms with E-state index in [2.05, 4.69) is 24.5 Å². The van der Waals surface area contributed by atoms with Gasteiger partial charge in [0.25, 0.3) is 5.91 Å². The van der Waals surface area contributed by atoms with Crippen LogP contribution in [0.1, 0.15) is 85.5 Å². The lowest BCUT2D eigenvalue weighted by atomic mass is 9.46. The smallest absolute Gasteiger partial charge is 0.308 e. The predicted molar refractivity (Wildman–Crippen MR) is 195 cm³/mol. The summed E-state index contributed by atoms with van der Waals surface area (Å²) in [4.78, 5) is 63.8.